The fourth-order valence-corrected chi connectivity index (χ4v) is 3.85. The molecule has 0 aliphatic heterocycles. The van der Waals surface area contributed by atoms with Crippen molar-refractivity contribution in [2.75, 3.05) is 21.3 Å². The Balaban J connectivity index is 2.08. The lowest BCUT2D eigenvalue weighted by molar-refractivity contribution is 0.0600. The molecule has 150 valence electrons. The second-order valence-corrected chi connectivity index (χ2v) is 6.95. The summed E-state index contributed by atoms with van der Waals surface area (Å²) in [5.74, 6) is 0.317. The van der Waals surface area contributed by atoms with Gasteiger partial charge in [0.1, 0.15) is 0 Å². The van der Waals surface area contributed by atoms with Crippen molar-refractivity contribution in [3.63, 3.8) is 0 Å². The van der Waals surface area contributed by atoms with Crippen LogP contribution >= 0.6 is 11.3 Å². The number of nitrogens with zero attached hydrogens (tertiary/aromatic N) is 2. The summed E-state index contributed by atoms with van der Waals surface area (Å²) in [6.07, 6.45) is 1.73. The highest BCUT2D eigenvalue weighted by molar-refractivity contribution is 7.16. The van der Waals surface area contributed by atoms with Crippen LogP contribution in [0.5, 0.6) is 11.5 Å². The zero-order valence-electron chi connectivity index (χ0n) is 16.3. The first-order chi connectivity index (χ1) is 14.0. The Morgan fingerprint density at radius 1 is 1.07 bits per heavy atom. The predicted octanol–water partition coefficient (Wildman–Crippen LogP) is 3.43. The summed E-state index contributed by atoms with van der Waals surface area (Å²) in [6, 6.07) is 9.88. The third kappa shape index (κ3) is 4.07. The largest absolute Gasteiger partial charge is 0.493 e. The Bertz CT molecular complexity index is 1140. The molecule has 1 amide bonds. The van der Waals surface area contributed by atoms with Gasteiger partial charge in [-0.2, -0.15) is 4.99 Å². The van der Waals surface area contributed by atoms with E-state index in [1.54, 1.807) is 32.4 Å². The maximum Gasteiger partial charge on any atom is 0.337 e. The van der Waals surface area contributed by atoms with Gasteiger partial charge in [0.15, 0.2) is 16.3 Å². The van der Waals surface area contributed by atoms with E-state index in [9.17, 15) is 9.59 Å². The minimum absolute atomic E-state index is 0.367. The van der Waals surface area contributed by atoms with E-state index in [0.717, 1.165) is 10.2 Å². The van der Waals surface area contributed by atoms with Crippen LogP contribution in [0.3, 0.4) is 0 Å². The summed E-state index contributed by atoms with van der Waals surface area (Å²) >= 11 is 1.37. The van der Waals surface area contributed by atoms with Crippen molar-refractivity contribution < 1.29 is 23.8 Å². The van der Waals surface area contributed by atoms with E-state index in [1.165, 1.54) is 30.6 Å². The third-order valence-corrected chi connectivity index (χ3v) is 5.29. The van der Waals surface area contributed by atoms with Gasteiger partial charge in [-0.05, 0) is 24.3 Å². The fraction of sp³-hybridized carbons (Fsp3) is 0.190. The average Bonchev–Trinajstić information content (AvgIpc) is 3.08. The number of thiazole rings is 1. The molecule has 0 unspecified atom stereocenters. The maximum absolute atomic E-state index is 12.7. The van der Waals surface area contributed by atoms with Crippen molar-refractivity contribution >= 4 is 33.4 Å². The molecule has 7 nitrogen and oxygen atoms in total. The molecule has 1 heterocycles. The van der Waals surface area contributed by atoms with E-state index in [4.69, 9.17) is 9.47 Å². The summed E-state index contributed by atoms with van der Waals surface area (Å²) in [4.78, 5) is 29.0. The number of benzene rings is 2. The maximum atomic E-state index is 12.7. The summed E-state index contributed by atoms with van der Waals surface area (Å²) in [5, 5.41) is 0. The molecule has 0 aliphatic rings. The fourth-order valence-electron chi connectivity index (χ4n) is 2.81. The van der Waals surface area contributed by atoms with Gasteiger partial charge in [0, 0.05) is 24.2 Å². The lowest BCUT2D eigenvalue weighted by Gasteiger charge is -2.08. The highest BCUT2D eigenvalue weighted by Gasteiger charge is 2.14. The summed E-state index contributed by atoms with van der Waals surface area (Å²) in [7, 11) is 4.45. The minimum atomic E-state index is -0.461. The van der Waals surface area contributed by atoms with Crippen LogP contribution in [0.1, 0.15) is 20.7 Å². The smallest absolute Gasteiger partial charge is 0.337 e. The van der Waals surface area contributed by atoms with Crippen molar-refractivity contribution in [2.24, 2.45) is 4.99 Å². The monoisotopic (exact) mass is 412 g/mol. The van der Waals surface area contributed by atoms with Gasteiger partial charge in [-0.3, -0.25) is 4.79 Å². The first kappa shape index (κ1) is 20.3. The van der Waals surface area contributed by atoms with Crippen LogP contribution in [0, 0.1) is 0 Å². The molecule has 0 atom stereocenters. The molecule has 0 radical (unpaired) electrons. The predicted molar refractivity (Wildman–Crippen MR) is 111 cm³/mol. The van der Waals surface area contributed by atoms with Gasteiger partial charge in [-0.1, -0.05) is 17.4 Å². The molecular formula is C21H20N2O5S. The topological polar surface area (TPSA) is 79.1 Å². The van der Waals surface area contributed by atoms with Crippen LogP contribution in [-0.4, -0.2) is 37.8 Å². The molecule has 3 aromatic rings. The Morgan fingerprint density at radius 3 is 2.28 bits per heavy atom. The molecule has 0 bridgehead atoms. The molecule has 0 N–H and O–H groups in total. The first-order valence-corrected chi connectivity index (χ1v) is 9.47. The molecule has 3 rings (SSSR count). The lowest BCUT2D eigenvalue weighted by Crippen LogP contribution is -2.16. The number of methoxy groups -OCH3 is 3. The quantitative estimate of drug-likeness (QED) is 0.458. The molecular weight excluding hydrogens is 392 g/mol. The van der Waals surface area contributed by atoms with Gasteiger partial charge in [0.05, 0.1) is 37.1 Å². The van der Waals surface area contributed by atoms with Gasteiger partial charge in [-0.15, -0.1) is 6.58 Å². The zero-order valence-corrected chi connectivity index (χ0v) is 17.1. The van der Waals surface area contributed by atoms with Gasteiger partial charge in [-0.25, -0.2) is 4.79 Å². The standard InChI is InChI=1S/C21H20N2O5S/c1-5-10-23-15-11-16(26-2)17(27-3)12-18(15)29-21(23)22-19(24)13-6-8-14(9-7-13)20(25)28-4/h5-9,11-12H,1,10H2,2-4H3. The normalized spacial score (nSPS) is 11.3. The lowest BCUT2D eigenvalue weighted by atomic mass is 10.1. The van der Waals surface area contributed by atoms with Crippen molar-refractivity contribution in [1.82, 2.24) is 4.57 Å². The van der Waals surface area contributed by atoms with Crippen molar-refractivity contribution in [2.45, 2.75) is 6.54 Å². The SMILES string of the molecule is C=CCn1c(=NC(=O)c2ccc(C(=O)OC)cc2)sc2cc(OC)c(OC)cc21. The van der Waals surface area contributed by atoms with Crippen LogP contribution in [0.2, 0.25) is 0 Å². The van der Waals surface area contributed by atoms with Crippen LogP contribution in [0.15, 0.2) is 54.0 Å². The van der Waals surface area contributed by atoms with E-state index in [-0.39, 0.29) is 0 Å². The number of hydrogen-bond donors (Lipinski definition) is 0. The van der Waals surface area contributed by atoms with E-state index in [0.29, 0.717) is 34.0 Å². The van der Waals surface area contributed by atoms with E-state index < -0.39 is 11.9 Å². The number of aromatic nitrogens is 1. The highest BCUT2D eigenvalue weighted by atomic mass is 32.1. The summed E-state index contributed by atoms with van der Waals surface area (Å²) < 4.78 is 18.2. The van der Waals surface area contributed by atoms with Crippen molar-refractivity contribution in [3.8, 4) is 11.5 Å². The van der Waals surface area contributed by atoms with Crippen LogP contribution in [0.4, 0.5) is 0 Å². The summed E-state index contributed by atoms with van der Waals surface area (Å²) in [6.45, 7) is 4.26. The number of amides is 1. The van der Waals surface area contributed by atoms with E-state index in [1.807, 2.05) is 16.7 Å². The molecule has 0 aliphatic carbocycles. The number of fused-ring (bicyclic) bond motifs is 1. The molecule has 29 heavy (non-hydrogen) atoms. The Labute approximate surface area is 171 Å². The Morgan fingerprint density at radius 2 is 1.69 bits per heavy atom. The zero-order chi connectivity index (χ0) is 21.0. The number of esters is 1. The molecule has 0 spiro atoms. The molecule has 0 saturated heterocycles. The minimum Gasteiger partial charge on any atom is -0.493 e. The van der Waals surface area contributed by atoms with Gasteiger partial charge < -0.3 is 18.8 Å². The van der Waals surface area contributed by atoms with Crippen molar-refractivity contribution in [3.05, 3.63) is 65.0 Å². The highest BCUT2D eigenvalue weighted by Crippen LogP contribution is 2.33. The van der Waals surface area contributed by atoms with E-state index >= 15 is 0 Å². The number of allylic oxidation sites excluding steroid dienone is 1. The number of hydrogen-bond acceptors (Lipinski definition) is 6. The molecule has 0 fully saturated rings. The van der Waals surface area contributed by atoms with Gasteiger partial charge in [0.25, 0.3) is 5.91 Å². The number of carbonyl (C=O) groups is 2. The number of rotatable bonds is 6. The van der Waals surface area contributed by atoms with Gasteiger partial charge >= 0.3 is 5.97 Å². The van der Waals surface area contributed by atoms with Crippen molar-refractivity contribution in [1.29, 1.82) is 0 Å². The average molecular weight is 412 g/mol. The molecule has 1 aromatic heterocycles. The molecule has 8 heteroatoms. The Hall–Kier alpha value is -3.39. The summed E-state index contributed by atoms with van der Waals surface area (Å²) in [5.41, 5.74) is 1.60. The van der Waals surface area contributed by atoms with Crippen LogP contribution in [-0.2, 0) is 11.3 Å². The first-order valence-electron chi connectivity index (χ1n) is 8.66. The van der Waals surface area contributed by atoms with E-state index in [2.05, 4.69) is 16.3 Å². The Kier molecular flexibility index (Phi) is 6.13. The molecule has 0 saturated carbocycles. The second kappa shape index (κ2) is 8.74. The van der Waals surface area contributed by atoms with Gasteiger partial charge in [0.2, 0.25) is 0 Å². The van der Waals surface area contributed by atoms with Crippen LogP contribution < -0.4 is 14.3 Å². The number of ether oxygens (including phenoxy) is 3. The third-order valence-electron chi connectivity index (χ3n) is 4.25. The molecule has 2 aromatic carbocycles. The number of carbonyl (C=O) groups excluding carboxylic acids is 2. The van der Waals surface area contributed by atoms with Crippen LogP contribution in [0.25, 0.3) is 10.2 Å². The second-order valence-electron chi connectivity index (χ2n) is 5.94.